The second-order valence-corrected chi connectivity index (χ2v) is 5.25. The molecule has 23 heavy (non-hydrogen) atoms. The molecule has 0 spiro atoms. The van der Waals surface area contributed by atoms with Crippen molar-refractivity contribution in [3.05, 3.63) is 60.3 Å². The zero-order valence-electron chi connectivity index (χ0n) is 12.0. The number of hydrogen-bond donors (Lipinski definition) is 0. The zero-order chi connectivity index (χ0) is 15.8. The summed E-state index contributed by atoms with van der Waals surface area (Å²) < 4.78 is 5.80. The van der Waals surface area contributed by atoms with Crippen LogP contribution in [0.2, 0.25) is 0 Å². The highest BCUT2D eigenvalue weighted by Crippen LogP contribution is 2.29. The first-order valence-corrected chi connectivity index (χ1v) is 7.14. The summed E-state index contributed by atoms with van der Waals surface area (Å²) in [4.78, 5) is 19.6. The van der Waals surface area contributed by atoms with Crippen molar-refractivity contribution in [2.75, 3.05) is 0 Å². The Morgan fingerprint density at radius 3 is 2.87 bits per heavy atom. The number of carboxylic acid groups (broad SMARTS) is 1. The Bertz CT molecular complexity index is 1030. The molecule has 0 saturated carbocycles. The summed E-state index contributed by atoms with van der Waals surface area (Å²) in [6.45, 7) is 0. The molecule has 4 rings (SSSR count). The van der Waals surface area contributed by atoms with E-state index in [-0.39, 0.29) is 6.42 Å². The molecule has 112 valence electrons. The summed E-state index contributed by atoms with van der Waals surface area (Å²) >= 11 is 0. The Kier molecular flexibility index (Phi) is 3.05. The highest BCUT2D eigenvalue weighted by Gasteiger charge is 2.13. The summed E-state index contributed by atoms with van der Waals surface area (Å²) in [6.07, 6.45) is 1.56. The quantitative estimate of drug-likeness (QED) is 0.580. The molecule has 0 saturated heterocycles. The fourth-order valence-electron chi connectivity index (χ4n) is 2.64. The van der Waals surface area contributed by atoms with Crippen LogP contribution >= 0.6 is 0 Å². The van der Waals surface area contributed by atoms with Crippen LogP contribution < -0.4 is 5.11 Å². The lowest BCUT2D eigenvalue weighted by molar-refractivity contribution is -0.304. The van der Waals surface area contributed by atoms with Crippen molar-refractivity contribution in [1.29, 1.82) is 0 Å². The van der Waals surface area contributed by atoms with Gasteiger partial charge in [-0.1, -0.05) is 30.3 Å². The van der Waals surface area contributed by atoms with Crippen LogP contribution in [0.15, 0.2) is 59.1 Å². The molecule has 2 heterocycles. The maximum Gasteiger partial charge on any atom is 0.246 e. The first kappa shape index (κ1) is 13.5. The van der Waals surface area contributed by atoms with Crippen molar-refractivity contribution in [1.82, 2.24) is 9.97 Å². The van der Waals surface area contributed by atoms with Crippen LogP contribution in [0.3, 0.4) is 0 Å². The lowest BCUT2D eigenvalue weighted by atomic mass is 10.1. The van der Waals surface area contributed by atoms with Gasteiger partial charge in [-0.2, -0.15) is 0 Å². The van der Waals surface area contributed by atoms with E-state index >= 15 is 0 Å². The number of carbonyl (C=O) groups is 1. The van der Waals surface area contributed by atoms with Gasteiger partial charge < -0.3 is 14.3 Å². The molecular formula is C18H11N2O3-. The second-order valence-electron chi connectivity index (χ2n) is 5.25. The number of aromatic nitrogens is 2. The molecule has 5 nitrogen and oxygen atoms in total. The van der Waals surface area contributed by atoms with Gasteiger partial charge in [0.15, 0.2) is 5.58 Å². The summed E-state index contributed by atoms with van der Waals surface area (Å²) in [5.74, 6) is -0.706. The number of carboxylic acids is 1. The first-order chi connectivity index (χ1) is 11.2. The summed E-state index contributed by atoms with van der Waals surface area (Å²) in [5.41, 5.74) is 2.48. The van der Waals surface area contributed by atoms with E-state index in [1.54, 1.807) is 24.4 Å². The van der Waals surface area contributed by atoms with E-state index in [4.69, 9.17) is 4.42 Å². The molecule has 0 unspecified atom stereocenters. The maximum atomic E-state index is 10.7. The average Bonchev–Trinajstić information content (AvgIpc) is 2.96. The minimum absolute atomic E-state index is 0.154. The number of oxazole rings is 1. The number of aliphatic carboxylic acids is 1. The smallest absolute Gasteiger partial charge is 0.246 e. The molecular weight excluding hydrogens is 292 g/mol. The molecule has 0 N–H and O–H groups in total. The van der Waals surface area contributed by atoms with Crippen LogP contribution in [0.4, 0.5) is 0 Å². The third kappa shape index (κ3) is 2.42. The van der Waals surface area contributed by atoms with Crippen LogP contribution in [0.25, 0.3) is 33.5 Å². The van der Waals surface area contributed by atoms with Gasteiger partial charge in [0.05, 0.1) is 0 Å². The SMILES string of the molecule is O=C([O-])Cc1ccc2nc(-c3nccc4ccccc34)oc2c1. The van der Waals surface area contributed by atoms with Crippen LogP contribution in [-0.4, -0.2) is 15.9 Å². The van der Waals surface area contributed by atoms with E-state index in [0.717, 1.165) is 10.8 Å². The number of rotatable bonds is 3. The number of nitrogens with zero attached hydrogens (tertiary/aromatic N) is 2. The molecule has 4 aromatic rings. The minimum Gasteiger partial charge on any atom is -0.550 e. The molecule has 2 aromatic carbocycles. The Balaban J connectivity index is 1.86. The van der Waals surface area contributed by atoms with Gasteiger partial charge in [-0.05, 0) is 29.1 Å². The third-order valence-electron chi connectivity index (χ3n) is 3.68. The van der Waals surface area contributed by atoms with Gasteiger partial charge >= 0.3 is 0 Å². The second kappa shape index (κ2) is 5.21. The Morgan fingerprint density at radius 2 is 2.00 bits per heavy atom. The lowest BCUT2D eigenvalue weighted by Crippen LogP contribution is -2.24. The van der Waals surface area contributed by atoms with E-state index < -0.39 is 5.97 Å². The van der Waals surface area contributed by atoms with Crippen molar-refractivity contribution in [3.8, 4) is 11.6 Å². The fraction of sp³-hybridized carbons (Fsp3) is 0.0556. The summed E-state index contributed by atoms with van der Waals surface area (Å²) in [5, 5.41) is 12.7. The molecule has 0 radical (unpaired) electrons. The summed E-state index contributed by atoms with van der Waals surface area (Å²) in [7, 11) is 0. The predicted molar refractivity (Wildman–Crippen MR) is 83.5 cm³/mol. The molecule has 0 aliphatic carbocycles. The topological polar surface area (TPSA) is 79.0 Å². The van der Waals surface area contributed by atoms with Crippen molar-refractivity contribution < 1.29 is 14.3 Å². The van der Waals surface area contributed by atoms with Crippen LogP contribution in [0.1, 0.15) is 5.56 Å². The zero-order valence-corrected chi connectivity index (χ0v) is 12.0. The monoisotopic (exact) mass is 303 g/mol. The van der Waals surface area contributed by atoms with E-state index in [2.05, 4.69) is 9.97 Å². The van der Waals surface area contributed by atoms with E-state index in [0.29, 0.717) is 28.2 Å². The molecule has 0 fully saturated rings. The fourth-order valence-corrected chi connectivity index (χ4v) is 2.64. The third-order valence-corrected chi connectivity index (χ3v) is 3.68. The maximum absolute atomic E-state index is 10.7. The first-order valence-electron chi connectivity index (χ1n) is 7.14. The van der Waals surface area contributed by atoms with Gasteiger partial charge in [-0.25, -0.2) is 4.98 Å². The van der Waals surface area contributed by atoms with Gasteiger partial charge in [-0.15, -0.1) is 0 Å². The van der Waals surface area contributed by atoms with Gasteiger partial charge in [0, 0.05) is 24.0 Å². The molecule has 0 atom stereocenters. The van der Waals surface area contributed by atoms with Crippen molar-refractivity contribution in [2.45, 2.75) is 6.42 Å². The Hall–Kier alpha value is -3.21. The van der Waals surface area contributed by atoms with Gasteiger partial charge in [-0.3, -0.25) is 4.98 Å². The normalized spacial score (nSPS) is 11.1. The average molecular weight is 303 g/mol. The molecule has 0 aliphatic rings. The molecule has 0 bridgehead atoms. The van der Waals surface area contributed by atoms with E-state index in [1.165, 1.54) is 0 Å². The Labute approximate surface area is 131 Å². The molecule has 0 aliphatic heterocycles. The number of pyridine rings is 1. The number of benzene rings is 2. The van der Waals surface area contributed by atoms with Crippen LogP contribution in [0.5, 0.6) is 0 Å². The standard InChI is InChI=1S/C18H12N2O3/c21-16(22)10-11-5-6-14-15(9-11)23-18(20-14)17-13-4-2-1-3-12(13)7-8-19-17/h1-9H,10H2,(H,21,22)/p-1. The number of fused-ring (bicyclic) bond motifs is 2. The van der Waals surface area contributed by atoms with E-state index in [9.17, 15) is 9.90 Å². The van der Waals surface area contributed by atoms with Crippen molar-refractivity contribution in [2.24, 2.45) is 0 Å². The lowest BCUT2D eigenvalue weighted by Gasteiger charge is -2.01. The number of hydrogen-bond acceptors (Lipinski definition) is 5. The highest BCUT2D eigenvalue weighted by atomic mass is 16.4. The van der Waals surface area contributed by atoms with Crippen LogP contribution in [0, 0.1) is 0 Å². The summed E-state index contributed by atoms with van der Waals surface area (Å²) in [6, 6.07) is 14.9. The van der Waals surface area contributed by atoms with Crippen LogP contribution in [-0.2, 0) is 11.2 Å². The molecule has 2 aromatic heterocycles. The largest absolute Gasteiger partial charge is 0.550 e. The Morgan fingerprint density at radius 1 is 1.13 bits per heavy atom. The molecule has 5 heteroatoms. The van der Waals surface area contributed by atoms with Gasteiger partial charge in [0.1, 0.15) is 11.2 Å². The van der Waals surface area contributed by atoms with Crippen molar-refractivity contribution in [3.63, 3.8) is 0 Å². The van der Waals surface area contributed by atoms with Crippen molar-refractivity contribution >= 4 is 27.8 Å². The van der Waals surface area contributed by atoms with Gasteiger partial charge in [0.2, 0.25) is 5.89 Å². The highest BCUT2D eigenvalue weighted by molar-refractivity contribution is 5.93. The molecule has 0 amide bonds. The van der Waals surface area contributed by atoms with E-state index in [1.807, 2.05) is 30.3 Å². The van der Waals surface area contributed by atoms with Gasteiger partial charge in [0.25, 0.3) is 0 Å². The number of carbonyl (C=O) groups excluding carboxylic acids is 1. The predicted octanol–water partition coefficient (Wildman–Crippen LogP) is 2.34. The minimum atomic E-state index is -1.13.